The molecule has 2 N–H and O–H groups in total. The SMILES string of the molecule is CC[Si](CC)(CC)O[C@H]1C[C@H]2OC[C@@]2(OC(=O)OC)C2[C@H](OC(=O)c3ccccc3)[C@]3(O)C[C@H](O)C(C)=C([C@@H](OC(C)=O)C(=O)[C@@]21C)C3(C)C. The summed E-state index contributed by atoms with van der Waals surface area (Å²) in [7, 11) is -1.35. The standard InChI is InChI=1S/C37H52O12Si/c1-10-50(11-2,12-3)49-25-18-26-36(20-45-26,48-33(42)44-9)29-31(47-32(41)23-16-14-13-15-17-23)37(43)19-24(39)21(4)27(34(37,6)7)28(46-22(5)38)30(40)35(25,29)8/h13-17,24-26,28-29,31,39,43H,10-12,18-20H2,1-9H3/t24-,25-,26+,28+,29?,31-,35+,36-,37+/m0/s1. The Morgan fingerprint density at radius 2 is 1.64 bits per heavy atom. The highest BCUT2D eigenvalue weighted by Crippen LogP contribution is 2.65. The summed E-state index contributed by atoms with van der Waals surface area (Å²) in [5.41, 5.74) is -6.15. The van der Waals surface area contributed by atoms with Crippen LogP contribution in [0.25, 0.3) is 0 Å². The van der Waals surface area contributed by atoms with Gasteiger partial charge in [0.1, 0.15) is 17.8 Å². The van der Waals surface area contributed by atoms with Crippen LogP contribution in [0.1, 0.15) is 78.6 Å². The van der Waals surface area contributed by atoms with E-state index in [1.54, 1.807) is 58.0 Å². The monoisotopic (exact) mass is 716 g/mol. The Kier molecular flexibility index (Phi) is 10.3. The second-order valence-electron chi connectivity index (χ2n) is 15.1. The smallest absolute Gasteiger partial charge is 0.455 e. The molecule has 12 nitrogen and oxygen atoms in total. The van der Waals surface area contributed by atoms with Crippen LogP contribution in [0, 0.1) is 16.7 Å². The molecule has 0 spiro atoms. The zero-order valence-electron chi connectivity index (χ0n) is 30.6. The number of ketones is 1. The molecule has 1 unspecified atom stereocenters. The van der Waals surface area contributed by atoms with Crippen LogP contribution >= 0.6 is 0 Å². The second kappa shape index (κ2) is 13.5. The van der Waals surface area contributed by atoms with Gasteiger partial charge in [-0.1, -0.05) is 52.8 Å². The molecular formula is C37H52O12Si. The van der Waals surface area contributed by atoms with Crippen LogP contribution in [0.3, 0.4) is 0 Å². The predicted octanol–water partition coefficient (Wildman–Crippen LogP) is 4.90. The van der Waals surface area contributed by atoms with Gasteiger partial charge in [0.05, 0.1) is 42.8 Å². The molecule has 3 fully saturated rings. The summed E-state index contributed by atoms with van der Waals surface area (Å²) >= 11 is 0. The highest BCUT2D eigenvalue weighted by Gasteiger charge is 2.79. The van der Waals surface area contributed by atoms with Crippen molar-refractivity contribution in [1.82, 2.24) is 0 Å². The van der Waals surface area contributed by atoms with Crippen LogP contribution in [-0.2, 0) is 37.7 Å². The molecule has 2 bridgehead atoms. The molecule has 1 aromatic rings. The van der Waals surface area contributed by atoms with E-state index in [1.807, 2.05) is 0 Å². The summed E-state index contributed by atoms with van der Waals surface area (Å²) < 4.78 is 36.8. The Bertz CT molecular complexity index is 1530. The largest absolute Gasteiger partial charge is 0.508 e. The molecule has 3 aliphatic carbocycles. The van der Waals surface area contributed by atoms with E-state index in [2.05, 4.69) is 20.8 Å². The first-order valence-corrected chi connectivity index (χ1v) is 20.1. The first-order valence-electron chi connectivity index (χ1n) is 17.6. The van der Waals surface area contributed by atoms with E-state index in [4.69, 9.17) is 28.1 Å². The summed E-state index contributed by atoms with van der Waals surface area (Å²) in [6, 6.07) is 10.5. The minimum Gasteiger partial charge on any atom is -0.455 e. The third-order valence-corrected chi connectivity index (χ3v) is 17.3. The number of esters is 2. The Balaban J connectivity index is 1.89. The number of rotatable bonds is 9. The number of hydrogen-bond donors (Lipinski definition) is 2. The summed E-state index contributed by atoms with van der Waals surface area (Å²) in [6.45, 7) is 13.8. The molecule has 1 aliphatic heterocycles. The lowest BCUT2D eigenvalue weighted by molar-refractivity contribution is -0.342. The first-order chi connectivity index (χ1) is 23.4. The second-order valence-corrected chi connectivity index (χ2v) is 19.8. The number of aliphatic hydroxyl groups excluding tert-OH is 1. The van der Waals surface area contributed by atoms with E-state index in [0.29, 0.717) is 5.57 Å². The number of aliphatic hydroxyl groups is 2. The number of carbonyl (C=O) groups is 4. The molecule has 50 heavy (non-hydrogen) atoms. The molecule has 9 atom stereocenters. The van der Waals surface area contributed by atoms with Gasteiger partial charge < -0.3 is 38.3 Å². The van der Waals surface area contributed by atoms with Crippen molar-refractivity contribution in [1.29, 1.82) is 0 Å². The number of hydrogen-bond acceptors (Lipinski definition) is 12. The number of ether oxygens (including phenoxy) is 5. The van der Waals surface area contributed by atoms with Gasteiger partial charge in [0, 0.05) is 25.2 Å². The van der Waals surface area contributed by atoms with E-state index in [1.165, 1.54) is 6.92 Å². The van der Waals surface area contributed by atoms with Gasteiger partial charge >= 0.3 is 18.1 Å². The van der Waals surface area contributed by atoms with E-state index in [0.717, 1.165) is 25.2 Å². The van der Waals surface area contributed by atoms with Crippen LogP contribution in [0.15, 0.2) is 41.5 Å². The van der Waals surface area contributed by atoms with Crippen LogP contribution in [-0.4, -0.2) is 97.8 Å². The number of carbonyl (C=O) groups excluding carboxylic acids is 4. The lowest BCUT2D eigenvalue weighted by atomic mass is 9.44. The van der Waals surface area contributed by atoms with Gasteiger partial charge in [-0.15, -0.1) is 0 Å². The minimum absolute atomic E-state index is 0.124. The number of Topliss-reactive ketones (excluding diaryl/α,β-unsaturated/α-hetero) is 1. The molecule has 276 valence electrons. The minimum atomic E-state index is -2.51. The Labute approximate surface area is 294 Å². The van der Waals surface area contributed by atoms with Gasteiger partial charge in [-0.25, -0.2) is 9.59 Å². The van der Waals surface area contributed by atoms with Crippen molar-refractivity contribution < 1.29 is 57.5 Å². The van der Waals surface area contributed by atoms with Crippen LogP contribution in [0.5, 0.6) is 0 Å². The normalized spacial score (nSPS) is 36.1. The van der Waals surface area contributed by atoms with Crippen molar-refractivity contribution in [3.05, 3.63) is 47.0 Å². The maximum atomic E-state index is 15.7. The van der Waals surface area contributed by atoms with Crippen LogP contribution in [0.2, 0.25) is 18.1 Å². The quantitative estimate of drug-likeness (QED) is 0.154. The van der Waals surface area contributed by atoms with E-state index in [-0.39, 0.29) is 30.6 Å². The molecule has 0 amide bonds. The molecule has 2 saturated carbocycles. The van der Waals surface area contributed by atoms with Crippen molar-refractivity contribution >= 4 is 32.2 Å². The Hall–Kier alpha value is -3.10. The van der Waals surface area contributed by atoms with Crippen molar-refractivity contribution in [2.45, 2.75) is 128 Å². The molecular weight excluding hydrogens is 664 g/mol. The van der Waals surface area contributed by atoms with Crippen molar-refractivity contribution in [3.8, 4) is 0 Å². The van der Waals surface area contributed by atoms with Gasteiger partial charge in [0.15, 0.2) is 25.8 Å². The number of fused-ring (bicyclic) bond motifs is 5. The highest BCUT2D eigenvalue weighted by atomic mass is 28.4. The van der Waals surface area contributed by atoms with Gasteiger partial charge in [0.2, 0.25) is 0 Å². The lowest BCUT2D eigenvalue weighted by Gasteiger charge is -2.68. The average Bonchev–Trinajstić information content (AvgIpc) is 3.08. The summed E-state index contributed by atoms with van der Waals surface area (Å²) in [5.74, 6) is -3.43. The Morgan fingerprint density at radius 1 is 1.02 bits per heavy atom. The molecule has 5 rings (SSSR count). The third-order valence-electron chi connectivity index (χ3n) is 12.6. The molecule has 0 radical (unpaired) electrons. The van der Waals surface area contributed by atoms with Crippen molar-refractivity contribution in [2.75, 3.05) is 13.7 Å². The summed E-state index contributed by atoms with van der Waals surface area (Å²) in [5, 5.41) is 24.9. The molecule has 1 aromatic carbocycles. The van der Waals surface area contributed by atoms with Gasteiger partial charge in [-0.05, 0) is 55.3 Å². The van der Waals surface area contributed by atoms with E-state index >= 15 is 4.79 Å². The first kappa shape index (κ1) is 38.1. The van der Waals surface area contributed by atoms with Gasteiger partial charge in [-0.2, -0.15) is 0 Å². The molecule has 1 saturated heterocycles. The van der Waals surface area contributed by atoms with Gasteiger partial charge in [-0.3, -0.25) is 9.59 Å². The number of methoxy groups -OCH3 is 1. The molecule has 4 aliphatic rings. The van der Waals surface area contributed by atoms with Crippen LogP contribution in [0.4, 0.5) is 4.79 Å². The zero-order chi connectivity index (χ0) is 37.0. The maximum Gasteiger partial charge on any atom is 0.508 e. The van der Waals surface area contributed by atoms with Gasteiger partial charge in [0.25, 0.3) is 0 Å². The molecule has 13 heteroatoms. The topological polar surface area (TPSA) is 164 Å². The zero-order valence-corrected chi connectivity index (χ0v) is 31.6. The maximum absolute atomic E-state index is 15.7. The number of benzene rings is 1. The van der Waals surface area contributed by atoms with Crippen molar-refractivity contribution in [3.63, 3.8) is 0 Å². The lowest BCUT2D eigenvalue weighted by Crippen LogP contribution is -2.82. The average molecular weight is 717 g/mol. The molecule has 0 aromatic heterocycles. The highest BCUT2D eigenvalue weighted by molar-refractivity contribution is 6.73. The third kappa shape index (κ3) is 5.64. The van der Waals surface area contributed by atoms with Crippen molar-refractivity contribution in [2.24, 2.45) is 16.7 Å². The fraction of sp³-hybridized carbons (Fsp3) is 0.676. The summed E-state index contributed by atoms with van der Waals surface area (Å²) in [4.78, 5) is 55.7. The van der Waals surface area contributed by atoms with Crippen LogP contribution < -0.4 is 0 Å². The van der Waals surface area contributed by atoms with E-state index in [9.17, 15) is 24.6 Å². The fourth-order valence-corrected chi connectivity index (χ4v) is 12.2. The molecule has 1 heterocycles. The Morgan fingerprint density at radius 3 is 2.16 bits per heavy atom. The summed E-state index contributed by atoms with van der Waals surface area (Å²) in [6.07, 6.45) is -7.41. The van der Waals surface area contributed by atoms with E-state index < -0.39 is 90.7 Å². The predicted molar refractivity (Wildman–Crippen MR) is 183 cm³/mol. The fourth-order valence-electron chi connectivity index (χ4n) is 9.29.